The highest BCUT2D eigenvalue weighted by molar-refractivity contribution is 5.88. The molecule has 3 saturated heterocycles. The van der Waals surface area contributed by atoms with Gasteiger partial charge in [0.1, 0.15) is 107 Å². The average molecular weight is 727 g/mol. The average Bonchev–Trinajstić information content (AvgIpc) is 3.11. The standard InChI is InChI=1S/C32H38O19/c33-7-17-23(40)26(43)30(51-32-28(45)25(42)22(39)18(8-34)50-32)29(48-17)20-16(49-31-27(44)21(38)13(37)9-46-31)6-15-19(24(20)41)12(36)5-14(47-15)10-1-3-11(35)4-2-10/h1-6,13,17-18,21-23,25-35,37-45H,7-9H2. The Labute approximate surface area is 286 Å². The van der Waals surface area contributed by atoms with Crippen molar-refractivity contribution in [2.45, 2.75) is 85.8 Å². The van der Waals surface area contributed by atoms with Crippen LogP contribution in [0, 0.1) is 0 Å². The third-order valence-electron chi connectivity index (χ3n) is 9.14. The van der Waals surface area contributed by atoms with Gasteiger partial charge in [0.25, 0.3) is 0 Å². The summed E-state index contributed by atoms with van der Waals surface area (Å²) in [5.41, 5.74) is -1.32. The van der Waals surface area contributed by atoms with Crippen LogP contribution in [-0.2, 0) is 18.9 Å². The van der Waals surface area contributed by atoms with E-state index >= 15 is 0 Å². The molecule has 0 aliphatic carbocycles. The van der Waals surface area contributed by atoms with Crippen LogP contribution in [0.3, 0.4) is 0 Å². The molecule has 0 amide bonds. The van der Waals surface area contributed by atoms with E-state index in [0.29, 0.717) is 5.56 Å². The van der Waals surface area contributed by atoms with Crippen molar-refractivity contribution in [1.82, 2.24) is 0 Å². The van der Waals surface area contributed by atoms with Gasteiger partial charge in [-0.3, -0.25) is 4.79 Å². The molecular weight excluding hydrogens is 688 g/mol. The van der Waals surface area contributed by atoms with Crippen molar-refractivity contribution in [2.75, 3.05) is 19.8 Å². The van der Waals surface area contributed by atoms with E-state index in [-0.39, 0.29) is 17.1 Å². The molecule has 19 heteroatoms. The summed E-state index contributed by atoms with van der Waals surface area (Å²) in [6.45, 7) is -2.26. The predicted octanol–water partition coefficient (Wildman–Crippen LogP) is -3.97. The lowest BCUT2D eigenvalue weighted by molar-refractivity contribution is -0.342. The van der Waals surface area contributed by atoms with Gasteiger partial charge in [0.05, 0.1) is 25.4 Å². The summed E-state index contributed by atoms with van der Waals surface area (Å²) < 4.78 is 34.3. The van der Waals surface area contributed by atoms with E-state index in [0.717, 1.165) is 12.1 Å². The maximum absolute atomic E-state index is 13.6. The van der Waals surface area contributed by atoms with Gasteiger partial charge in [-0.2, -0.15) is 0 Å². The predicted molar refractivity (Wildman–Crippen MR) is 165 cm³/mol. The van der Waals surface area contributed by atoms with Gasteiger partial charge in [0.15, 0.2) is 11.7 Å². The van der Waals surface area contributed by atoms with Crippen LogP contribution in [0.2, 0.25) is 0 Å². The number of ether oxygens (including phenoxy) is 5. The highest BCUT2D eigenvalue weighted by atomic mass is 16.7. The van der Waals surface area contributed by atoms with Crippen LogP contribution in [0.4, 0.5) is 0 Å². The summed E-state index contributed by atoms with van der Waals surface area (Å²) in [6, 6.07) is 7.67. The summed E-state index contributed by atoms with van der Waals surface area (Å²) in [7, 11) is 0. The minimum atomic E-state index is -2.03. The second-order valence-electron chi connectivity index (χ2n) is 12.5. The van der Waals surface area contributed by atoms with Gasteiger partial charge in [-0.1, -0.05) is 0 Å². The number of phenols is 2. The summed E-state index contributed by atoms with van der Waals surface area (Å²) in [5.74, 6) is -1.49. The number of aliphatic hydroxyl groups is 10. The third kappa shape index (κ3) is 6.90. The van der Waals surface area contributed by atoms with Crippen molar-refractivity contribution in [1.29, 1.82) is 0 Å². The van der Waals surface area contributed by atoms with Crippen molar-refractivity contribution in [3.05, 3.63) is 52.2 Å². The smallest absolute Gasteiger partial charge is 0.228 e. The fourth-order valence-corrected chi connectivity index (χ4v) is 6.25. The Morgan fingerprint density at radius 1 is 0.725 bits per heavy atom. The van der Waals surface area contributed by atoms with Crippen molar-refractivity contribution in [3.8, 4) is 28.6 Å². The first kappa shape index (κ1) is 37.3. The zero-order chi connectivity index (χ0) is 36.9. The zero-order valence-corrected chi connectivity index (χ0v) is 26.4. The van der Waals surface area contributed by atoms with Gasteiger partial charge >= 0.3 is 0 Å². The molecule has 3 aliphatic heterocycles. The van der Waals surface area contributed by atoms with Crippen molar-refractivity contribution in [3.63, 3.8) is 0 Å². The fraction of sp³-hybridized carbons (Fsp3) is 0.531. The molecule has 12 N–H and O–H groups in total. The molecule has 0 radical (unpaired) electrons. The van der Waals surface area contributed by atoms with Gasteiger partial charge < -0.3 is 89.4 Å². The summed E-state index contributed by atoms with van der Waals surface area (Å²) in [5, 5.41) is 125. The molecule has 3 aromatic rings. The van der Waals surface area contributed by atoms with Crippen LogP contribution in [0.5, 0.6) is 17.2 Å². The normalized spacial score (nSPS) is 37.4. The molecule has 0 bridgehead atoms. The number of phenolic OH excluding ortho intramolecular Hbond substituents is 2. The van der Waals surface area contributed by atoms with E-state index in [2.05, 4.69) is 0 Å². The third-order valence-corrected chi connectivity index (χ3v) is 9.14. The van der Waals surface area contributed by atoms with Gasteiger partial charge in [0, 0.05) is 17.7 Å². The molecule has 0 saturated carbocycles. The van der Waals surface area contributed by atoms with Gasteiger partial charge in [-0.25, -0.2) is 0 Å². The Balaban J connectivity index is 1.51. The number of fused-ring (bicyclic) bond motifs is 1. The first-order chi connectivity index (χ1) is 24.2. The molecule has 4 heterocycles. The second kappa shape index (κ2) is 14.8. The fourth-order valence-electron chi connectivity index (χ4n) is 6.25. The van der Waals surface area contributed by atoms with E-state index < -0.39 is 134 Å². The second-order valence-corrected chi connectivity index (χ2v) is 12.5. The monoisotopic (exact) mass is 726 g/mol. The summed E-state index contributed by atoms with van der Waals surface area (Å²) in [6.07, 6.45) is -25.3. The van der Waals surface area contributed by atoms with Crippen molar-refractivity contribution >= 4 is 11.0 Å². The molecule has 6 rings (SSSR count). The maximum atomic E-state index is 13.6. The first-order valence-corrected chi connectivity index (χ1v) is 15.8. The highest BCUT2D eigenvalue weighted by Gasteiger charge is 2.52. The maximum Gasteiger partial charge on any atom is 0.228 e. The zero-order valence-electron chi connectivity index (χ0n) is 26.4. The SMILES string of the molecule is O=c1cc(-c2ccc(O)cc2)oc2cc(OC3OCC(O)C(O)C3O)c(C3OC(CO)C(O)C(O)C3OC3OC(CO)C(O)C(O)C3O)c(O)c12. The lowest BCUT2D eigenvalue weighted by Crippen LogP contribution is -2.62. The quantitative estimate of drug-likeness (QED) is 0.105. The van der Waals surface area contributed by atoms with E-state index in [1.807, 2.05) is 0 Å². The molecule has 3 aliphatic rings. The van der Waals surface area contributed by atoms with Crippen molar-refractivity contribution < 1.29 is 89.4 Å². The Morgan fingerprint density at radius 3 is 2.02 bits per heavy atom. The van der Waals surface area contributed by atoms with Gasteiger partial charge in [0.2, 0.25) is 6.29 Å². The van der Waals surface area contributed by atoms with E-state index in [1.54, 1.807) is 0 Å². The Kier molecular flexibility index (Phi) is 10.8. The number of hydrogen-bond donors (Lipinski definition) is 12. The van der Waals surface area contributed by atoms with Crippen LogP contribution in [-0.4, -0.2) is 161 Å². The Morgan fingerprint density at radius 2 is 1.35 bits per heavy atom. The Bertz CT molecular complexity index is 1730. The van der Waals surface area contributed by atoms with Crippen molar-refractivity contribution in [2.24, 2.45) is 0 Å². The topological polar surface area (TPSA) is 319 Å². The number of rotatable bonds is 8. The first-order valence-electron chi connectivity index (χ1n) is 15.8. The van der Waals surface area contributed by atoms with Crippen LogP contribution < -0.4 is 10.2 Å². The number of hydrogen-bond acceptors (Lipinski definition) is 19. The molecular formula is C32H38O19. The molecule has 51 heavy (non-hydrogen) atoms. The van der Waals surface area contributed by atoms with Gasteiger partial charge in [-0.05, 0) is 24.3 Å². The minimum Gasteiger partial charge on any atom is -0.508 e. The van der Waals surface area contributed by atoms with E-state index in [1.165, 1.54) is 24.3 Å². The van der Waals surface area contributed by atoms with Crippen LogP contribution in [0.25, 0.3) is 22.3 Å². The van der Waals surface area contributed by atoms with Crippen LogP contribution >= 0.6 is 0 Å². The molecule has 3 fully saturated rings. The molecule has 280 valence electrons. The van der Waals surface area contributed by atoms with Crippen LogP contribution in [0.1, 0.15) is 11.7 Å². The Hall–Kier alpha value is -3.51. The molecule has 19 nitrogen and oxygen atoms in total. The summed E-state index contributed by atoms with van der Waals surface area (Å²) in [4.78, 5) is 13.6. The van der Waals surface area contributed by atoms with Gasteiger partial charge in [-0.15, -0.1) is 0 Å². The molecule has 0 spiro atoms. The number of benzene rings is 2. The van der Waals surface area contributed by atoms with E-state index in [9.17, 15) is 66.1 Å². The largest absolute Gasteiger partial charge is 0.508 e. The molecule has 14 unspecified atom stereocenters. The summed E-state index contributed by atoms with van der Waals surface area (Å²) >= 11 is 0. The number of aliphatic hydroxyl groups excluding tert-OH is 10. The lowest BCUT2D eigenvalue weighted by Gasteiger charge is -2.46. The van der Waals surface area contributed by atoms with E-state index in [4.69, 9.17) is 28.1 Å². The molecule has 2 aromatic carbocycles. The molecule has 1 aromatic heterocycles. The number of aromatic hydroxyl groups is 2. The lowest BCUT2D eigenvalue weighted by atomic mass is 9.89. The minimum absolute atomic E-state index is 0.0188. The van der Waals surface area contributed by atoms with Crippen LogP contribution in [0.15, 0.2) is 45.6 Å². The highest BCUT2D eigenvalue weighted by Crippen LogP contribution is 2.47. The molecule has 14 atom stereocenters.